The summed E-state index contributed by atoms with van der Waals surface area (Å²) in [6.45, 7) is 4.41. The summed E-state index contributed by atoms with van der Waals surface area (Å²) in [4.78, 5) is 15.4. The number of rotatable bonds is 5. The quantitative estimate of drug-likeness (QED) is 0.781. The molecule has 1 aromatic heterocycles. The molecule has 0 spiro atoms. The van der Waals surface area contributed by atoms with Crippen molar-refractivity contribution in [2.45, 2.75) is 26.9 Å². The van der Waals surface area contributed by atoms with Gasteiger partial charge in [0.15, 0.2) is 0 Å². The molecule has 124 valence electrons. The van der Waals surface area contributed by atoms with Crippen LogP contribution in [0.25, 0.3) is 11.0 Å². The van der Waals surface area contributed by atoms with E-state index in [0.29, 0.717) is 6.61 Å². The number of aromatic nitrogens is 2. The minimum Gasteiger partial charge on any atom is -0.485 e. The first-order chi connectivity index (χ1) is 11.4. The molecule has 0 aliphatic heterocycles. The zero-order valence-electron chi connectivity index (χ0n) is 14.0. The highest BCUT2D eigenvalue weighted by atomic mass is 16.5. The van der Waals surface area contributed by atoms with E-state index in [9.17, 15) is 4.79 Å². The Bertz CT molecular complexity index is 912. The summed E-state index contributed by atoms with van der Waals surface area (Å²) in [7, 11) is 1.94. The summed E-state index contributed by atoms with van der Waals surface area (Å²) in [5, 5.41) is 8.91. The number of aliphatic carboxylic acids is 1. The van der Waals surface area contributed by atoms with E-state index in [1.807, 2.05) is 55.8 Å². The van der Waals surface area contributed by atoms with Crippen molar-refractivity contribution in [3.8, 4) is 5.75 Å². The van der Waals surface area contributed by atoms with Crippen molar-refractivity contribution in [2.75, 3.05) is 0 Å². The smallest absolute Gasteiger partial charge is 0.307 e. The fourth-order valence-corrected chi connectivity index (χ4v) is 2.71. The number of fused-ring (bicyclic) bond motifs is 1. The highest BCUT2D eigenvalue weighted by molar-refractivity contribution is 5.79. The predicted octanol–water partition coefficient (Wildman–Crippen LogP) is 3.40. The van der Waals surface area contributed by atoms with Crippen LogP contribution in [-0.4, -0.2) is 20.6 Å². The summed E-state index contributed by atoms with van der Waals surface area (Å²) < 4.78 is 7.91. The third-order valence-electron chi connectivity index (χ3n) is 4.09. The Morgan fingerprint density at radius 3 is 2.75 bits per heavy atom. The van der Waals surface area contributed by atoms with Crippen LogP contribution in [0.3, 0.4) is 0 Å². The molecule has 0 atom stereocenters. The van der Waals surface area contributed by atoms with Crippen molar-refractivity contribution in [1.29, 1.82) is 0 Å². The van der Waals surface area contributed by atoms with Gasteiger partial charge in [-0.3, -0.25) is 4.79 Å². The fraction of sp³-hybridized carbons (Fsp3) is 0.263. The van der Waals surface area contributed by atoms with Crippen molar-refractivity contribution in [2.24, 2.45) is 7.05 Å². The van der Waals surface area contributed by atoms with Gasteiger partial charge in [0.1, 0.15) is 18.2 Å². The molecule has 5 nitrogen and oxygen atoms in total. The molecule has 0 radical (unpaired) electrons. The minimum atomic E-state index is -0.844. The molecule has 2 aromatic carbocycles. The lowest BCUT2D eigenvalue weighted by Crippen LogP contribution is -2.04. The second-order valence-corrected chi connectivity index (χ2v) is 6.04. The van der Waals surface area contributed by atoms with Gasteiger partial charge in [0.05, 0.1) is 17.5 Å². The molecule has 0 amide bonds. The maximum Gasteiger partial charge on any atom is 0.307 e. The van der Waals surface area contributed by atoms with E-state index in [2.05, 4.69) is 11.1 Å². The van der Waals surface area contributed by atoms with E-state index in [4.69, 9.17) is 9.84 Å². The fourth-order valence-electron chi connectivity index (χ4n) is 2.71. The second kappa shape index (κ2) is 6.35. The van der Waals surface area contributed by atoms with Gasteiger partial charge in [0.2, 0.25) is 0 Å². The molecule has 0 saturated heterocycles. The zero-order chi connectivity index (χ0) is 17.3. The SMILES string of the molecule is Cc1ccc(C)c(OCc2nc3cc(CC(=O)O)ccc3n2C)c1. The average molecular weight is 324 g/mol. The number of nitrogens with zero attached hydrogens (tertiary/aromatic N) is 2. The van der Waals surface area contributed by atoms with Crippen molar-refractivity contribution >= 4 is 17.0 Å². The van der Waals surface area contributed by atoms with Crippen LogP contribution in [0.5, 0.6) is 5.75 Å². The molecule has 0 aliphatic rings. The van der Waals surface area contributed by atoms with Gasteiger partial charge >= 0.3 is 5.97 Å². The number of carboxylic acid groups (broad SMARTS) is 1. The molecule has 0 aliphatic carbocycles. The third kappa shape index (κ3) is 3.25. The number of carbonyl (C=O) groups is 1. The molecule has 0 fully saturated rings. The lowest BCUT2D eigenvalue weighted by Gasteiger charge is -2.09. The largest absolute Gasteiger partial charge is 0.485 e. The molecule has 0 bridgehead atoms. The molecule has 3 rings (SSSR count). The summed E-state index contributed by atoms with van der Waals surface area (Å²) in [6.07, 6.45) is 0.000828. The predicted molar refractivity (Wildman–Crippen MR) is 92.3 cm³/mol. The van der Waals surface area contributed by atoms with E-state index in [0.717, 1.165) is 39.3 Å². The van der Waals surface area contributed by atoms with Gasteiger partial charge in [0.25, 0.3) is 0 Å². The summed E-state index contributed by atoms with van der Waals surface area (Å²) in [6, 6.07) is 11.7. The van der Waals surface area contributed by atoms with Crippen LogP contribution in [0.2, 0.25) is 0 Å². The van der Waals surface area contributed by atoms with E-state index >= 15 is 0 Å². The standard InChI is InChI=1S/C19H20N2O3/c1-12-4-5-13(2)17(8-12)24-11-18-20-15-9-14(10-19(22)23)6-7-16(15)21(18)3/h4-9H,10-11H2,1-3H3,(H,22,23). The first kappa shape index (κ1) is 16.1. The Hall–Kier alpha value is -2.82. The van der Waals surface area contributed by atoms with E-state index < -0.39 is 5.97 Å². The number of hydrogen-bond donors (Lipinski definition) is 1. The maximum atomic E-state index is 10.9. The number of hydrogen-bond acceptors (Lipinski definition) is 3. The van der Waals surface area contributed by atoms with Crippen LogP contribution in [0, 0.1) is 13.8 Å². The maximum absolute atomic E-state index is 10.9. The number of carboxylic acids is 1. The monoisotopic (exact) mass is 324 g/mol. The van der Waals surface area contributed by atoms with Crippen molar-refractivity contribution in [3.63, 3.8) is 0 Å². The van der Waals surface area contributed by atoms with Crippen LogP contribution in [0.15, 0.2) is 36.4 Å². The Kier molecular flexibility index (Phi) is 4.25. The Labute approximate surface area is 140 Å². The van der Waals surface area contributed by atoms with Crippen LogP contribution in [-0.2, 0) is 24.9 Å². The van der Waals surface area contributed by atoms with E-state index in [1.54, 1.807) is 0 Å². The topological polar surface area (TPSA) is 64.3 Å². The average Bonchev–Trinajstić information content (AvgIpc) is 2.83. The Balaban J connectivity index is 1.85. The van der Waals surface area contributed by atoms with E-state index in [-0.39, 0.29) is 6.42 Å². The number of aryl methyl sites for hydroxylation is 3. The molecule has 5 heteroatoms. The first-order valence-electron chi connectivity index (χ1n) is 7.80. The number of imidazole rings is 1. The number of benzene rings is 2. The lowest BCUT2D eigenvalue weighted by molar-refractivity contribution is -0.136. The highest BCUT2D eigenvalue weighted by Gasteiger charge is 2.11. The number of ether oxygens (including phenoxy) is 1. The minimum absolute atomic E-state index is 0.000828. The molecule has 3 aromatic rings. The summed E-state index contributed by atoms with van der Waals surface area (Å²) in [5.74, 6) is 0.816. The molecule has 24 heavy (non-hydrogen) atoms. The van der Waals surface area contributed by atoms with Gasteiger partial charge in [-0.05, 0) is 48.7 Å². The molecule has 0 unspecified atom stereocenters. The molecule has 0 saturated carbocycles. The van der Waals surface area contributed by atoms with Gasteiger partial charge in [-0.15, -0.1) is 0 Å². The molecule has 1 N–H and O–H groups in total. The third-order valence-corrected chi connectivity index (χ3v) is 4.09. The van der Waals surface area contributed by atoms with Crippen LogP contribution in [0.4, 0.5) is 0 Å². The van der Waals surface area contributed by atoms with Crippen LogP contribution < -0.4 is 4.74 Å². The molecular weight excluding hydrogens is 304 g/mol. The van der Waals surface area contributed by atoms with Crippen LogP contribution in [0.1, 0.15) is 22.5 Å². The van der Waals surface area contributed by atoms with Crippen LogP contribution >= 0.6 is 0 Å². The summed E-state index contributed by atoms with van der Waals surface area (Å²) in [5.41, 5.74) is 4.73. The van der Waals surface area contributed by atoms with Gasteiger partial charge in [-0.2, -0.15) is 0 Å². The van der Waals surface area contributed by atoms with Gasteiger partial charge in [-0.25, -0.2) is 4.98 Å². The van der Waals surface area contributed by atoms with Gasteiger partial charge in [-0.1, -0.05) is 18.2 Å². The zero-order valence-corrected chi connectivity index (χ0v) is 14.0. The van der Waals surface area contributed by atoms with E-state index in [1.165, 1.54) is 0 Å². The Morgan fingerprint density at radius 2 is 2.00 bits per heavy atom. The van der Waals surface area contributed by atoms with Crippen molar-refractivity contribution in [3.05, 3.63) is 58.9 Å². The van der Waals surface area contributed by atoms with Gasteiger partial charge < -0.3 is 14.4 Å². The van der Waals surface area contributed by atoms with Crippen molar-refractivity contribution < 1.29 is 14.6 Å². The second-order valence-electron chi connectivity index (χ2n) is 6.04. The normalized spacial score (nSPS) is 11.0. The molecular formula is C19H20N2O3. The lowest BCUT2D eigenvalue weighted by atomic mass is 10.1. The molecule has 1 heterocycles. The summed E-state index contributed by atoms with van der Waals surface area (Å²) >= 11 is 0. The first-order valence-corrected chi connectivity index (χ1v) is 7.80. The van der Waals surface area contributed by atoms with Gasteiger partial charge in [0, 0.05) is 7.05 Å². The Morgan fingerprint density at radius 1 is 1.21 bits per heavy atom. The van der Waals surface area contributed by atoms with Crippen molar-refractivity contribution in [1.82, 2.24) is 9.55 Å². The highest BCUT2D eigenvalue weighted by Crippen LogP contribution is 2.22.